The Morgan fingerprint density at radius 1 is 0.833 bits per heavy atom. The van der Waals surface area contributed by atoms with Gasteiger partial charge in [-0.15, -0.1) is 34.0 Å². The molecule has 9 nitrogen and oxygen atoms in total. The highest BCUT2D eigenvalue weighted by Crippen LogP contribution is 2.49. The molecule has 0 fully saturated rings. The third kappa shape index (κ3) is 3.98. The molecule has 0 aliphatic heterocycles. The molecule has 0 N–H and O–H groups in total. The summed E-state index contributed by atoms with van der Waals surface area (Å²) < 4.78 is 10.3. The van der Waals surface area contributed by atoms with Crippen molar-refractivity contribution in [3.05, 3.63) is 48.0 Å². The number of thiophene rings is 3. The van der Waals surface area contributed by atoms with E-state index in [1.54, 1.807) is 36.4 Å². The van der Waals surface area contributed by atoms with E-state index < -0.39 is 6.09 Å². The van der Waals surface area contributed by atoms with Crippen LogP contribution in [0.5, 0.6) is 0 Å². The van der Waals surface area contributed by atoms with Crippen LogP contribution in [0, 0.1) is 45.3 Å². The standard InChI is InChI=1S/C24H9N7O2S3/c25-8-14(9-26)29-18-6-16-21(35-18)23-20(31(16)24(32)33-12-13-4-2-1-3-5-13)22-17(34-23)7-19(36-22)30-15(10-27)11-28/h1-7H,12H2. The van der Waals surface area contributed by atoms with Gasteiger partial charge in [-0.1, -0.05) is 30.3 Å². The lowest BCUT2D eigenvalue weighted by atomic mass is 10.2. The fraction of sp³-hybridized carbons (Fsp3) is 0.0417. The van der Waals surface area contributed by atoms with Gasteiger partial charge < -0.3 is 4.74 Å². The minimum absolute atomic E-state index is 0.0734. The number of nitrogens with zero attached hydrogens (tertiary/aromatic N) is 7. The number of fused-ring (bicyclic) bond motifs is 5. The SMILES string of the molecule is N#CC(C#N)=Nc1cc2c(s1)c1sc3cc(N=C(C#N)C#N)sc3c1n2C(=O)OCc1ccccc1. The summed E-state index contributed by atoms with van der Waals surface area (Å²) in [5.74, 6) is 0. The van der Waals surface area contributed by atoms with Crippen LogP contribution in [0.3, 0.4) is 0 Å². The van der Waals surface area contributed by atoms with Gasteiger partial charge in [-0.25, -0.2) is 19.3 Å². The van der Waals surface area contributed by atoms with E-state index in [9.17, 15) is 4.79 Å². The number of nitriles is 4. The maximum absolute atomic E-state index is 13.4. The summed E-state index contributed by atoms with van der Waals surface area (Å²) in [6.07, 6.45) is -0.596. The van der Waals surface area contributed by atoms with Crippen LogP contribution < -0.4 is 0 Å². The number of hydrogen-bond donors (Lipinski definition) is 0. The van der Waals surface area contributed by atoms with Crippen molar-refractivity contribution >= 4 is 91.4 Å². The van der Waals surface area contributed by atoms with E-state index in [4.69, 9.17) is 25.8 Å². The summed E-state index contributed by atoms with van der Waals surface area (Å²) in [7, 11) is 0. The van der Waals surface area contributed by atoms with Crippen LogP contribution >= 0.6 is 34.0 Å². The molecule has 5 rings (SSSR count). The number of carbonyl (C=O) groups is 1. The van der Waals surface area contributed by atoms with Gasteiger partial charge in [0.15, 0.2) is 0 Å². The molecule has 0 spiro atoms. The Labute approximate surface area is 214 Å². The number of aromatic nitrogens is 1. The summed E-state index contributed by atoms with van der Waals surface area (Å²) >= 11 is 3.95. The zero-order valence-corrected chi connectivity index (χ0v) is 20.4. The smallest absolute Gasteiger partial charge is 0.419 e. The molecule has 170 valence electrons. The average Bonchev–Trinajstić information content (AvgIpc) is 3.63. The average molecular weight is 524 g/mol. The van der Waals surface area contributed by atoms with Crippen LogP contribution in [0.4, 0.5) is 14.8 Å². The first-order chi connectivity index (χ1) is 17.6. The molecular weight excluding hydrogens is 515 g/mol. The van der Waals surface area contributed by atoms with E-state index in [1.165, 1.54) is 38.6 Å². The number of rotatable bonds is 4. The molecular formula is C24H9N7O2S3. The van der Waals surface area contributed by atoms with Gasteiger partial charge in [0.05, 0.1) is 29.8 Å². The lowest BCUT2D eigenvalue weighted by Gasteiger charge is -2.07. The highest BCUT2D eigenvalue weighted by Gasteiger charge is 2.25. The van der Waals surface area contributed by atoms with E-state index in [2.05, 4.69) is 9.98 Å². The van der Waals surface area contributed by atoms with Crippen molar-refractivity contribution in [3.63, 3.8) is 0 Å². The number of hydrogen-bond acceptors (Lipinski definition) is 11. The summed E-state index contributed by atoms with van der Waals surface area (Å²) in [4.78, 5) is 21.5. The molecule has 0 bridgehead atoms. The summed E-state index contributed by atoms with van der Waals surface area (Å²) in [5, 5.41) is 37.1. The zero-order valence-electron chi connectivity index (χ0n) is 17.9. The Morgan fingerprint density at radius 3 is 2.08 bits per heavy atom. The topological polar surface area (TPSA) is 151 Å². The molecule has 12 heteroatoms. The molecule has 0 radical (unpaired) electrons. The third-order valence-electron chi connectivity index (χ3n) is 4.95. The Hall–Kier alpha value is -4.85. The van der Waals surface area contributed by atoms with Crippen molar-refractivity contribution < 1.29 is 9.53 Å². The van der Waals surface area contributed by atoms with Crippen LogP contribution in [-0.4, -0.2) is 22.1 Å². The van der Waals surface area contributed by atoms with Gasteiger partial charge in [0.25, 0.3) is 0 Å². The minimum atomic E-state index is -0.596. The van der Waals surface area contributed by atoms with Crippen molar-refractivity contribution in [1.82, 2.24) is 4.57 Å². The fourth-order valence-corrected chi connectivity index (χ4v) is 7.13. The first-order valence-corrected chi connectivity index (χ1v) is 12.5. The Kier molecular flexibility index (Phi) is 6.00. The van der Waals surface area contributed by atoms with Crippen molar-refractivity contribution in [2.45, 2.75) is 6.61 Å². The molecule has 0 saturated carbocycles. The van der Waals surface area contributed by atoms with Gasteiger partial charge in [0.1, 0.15) is 40.9 Å². The largest absolute Gasteiger partial charge is 0.444 e. The molecule has 4 aromatic heterocycles. The number of benzene rings is 1. The Balaban J connectivity index is 1.69. The zero-order chi connectivity index (χ0) is 25.2. The van der Waals surface area contributed by atoms with Gasteiger partial charge in [-0.2, -0.15) is 21.0 Å². The second-order valence-electron chi connectivity index (χ2n) is 7.10. The Bertz CT molecular complexity index is 1880. The number of carbonyl (C=O) groups excluding carboxylic acids is 1. The molecule has 5 aromatic rings. The van der Waals surface area contributed by atoms with Crippen LogP contribution in [0.25, 0.3) is 29.8 Å². The van der Waals surface area contributed by atoms with Crippen molar-refractivity contribution in [1.29, 1.82) is 21.0 Å². The van der Waals surface area contributed by atoms with Gasteiger partial charge >= 0.3 is 6.09 Å². The van der Waals surface area contributed by atoms with Crippen molar-refractivity contribution in [3.8, 4) is 24.3 Å². The second-order valence-corrected chi connectivity index (χ2v) is 10.2. The van der Waals surface area contributed by atoms with Crippen LogP contribution in [-0.2, 0) is 11.3 Å². The van der Waals surface area contributed by atoms with Crippen LogP contribution in [0.2, 0.25) is 0 Å². The highest BCUT2D eigenvalue weighted by atomic mass is 32.1. The summed E-state index contributed by atoms with van der Waals surface area (Å²) in [5.41, 5.74) is 1.47. The molecule has 0 aliphatic rings. The number of ether oxygens (including phenoxy) is 1. The minimum Gasteiger partial charge on any atom is -0.444 e. The number of aliphatic imine (C=N–C) groups is 2. The van der Waals surface area contributed by atoms with Crippen LogP contribution in [0.15, 0.2) is 52.4 Å². The summed E-state index contributed by atoms with van der Waals surface area (Å²) in [6, 6.07) is 19.7. The predicted molar refractivity (Wildman–Crippen MR) is 139 cm³/mol. The normalized spacial score (nSPS) is 10.3. The molecule has 0 unspecified atom stereocenters. The second kappa shape index (κ2) is 9.42. The summed E-state index contributed by atoms with van der Waals surface area (Å²) in [6.45, 7) is 0.0734. The van der Waals surface area contributed by atoms with Gasteiger partial charge in [0.2, 0.25) is 11.4 Å². The molecule has 0 amide bonds. The Morgan fingerprint density at radius 2 is 1.44 bits per heavy atom. The van der Waals surface area contributed by atoms with E-state index in [1.807, 2.05) is 30.3 Å². The molecule has 0 atom stereocenters. The van der Waals surface area contributed by atoms with Gasteiger partial charge in [-0.05, 0) is 17.7 Å². The third-order valence-corrected chi connectivity index (χ3v) is 8.43. The lowest BCUT2D eigenvalue weighted by molar-refractivity contribution is 0.143. The first-order valence-electron chi connectivity index (χ1n) is 10.1. The molecule has 0 saturated heterocycles. The highest BCUT2D eigenvalue weighted by molar-refractivity contribution is 7.37. The van der Waals surface area contributed by atoms with Crippen molar-refractivity contribution in [2.75, 3.05) is 0 Å². The van der Waals surface area contributed by atoms with Gasteiger partial charge in [0, 0.05) is 0 Å². The maximum Gasteiger partial charge on any atom is 0.419 e. The monoisotopic (exact) mass is 523 g/mol. The van der Waals surface area contributed by atoms with E-state index in [0.29, 0.717) is 21.0 Å². The van der Waals surface area contributed by atoms with E-state index in [-0.39, 0.29) is 18.0 Å². The fourth-order valence-electron chi connectivity index (χ4n) is 3.49. The van der Waals surface area contributed by atoms with Crippen molar-refractivity contribution in [2.24, 2.45) is 9.98 Å². The molecule has 1 aromatic carbocycles. The molecule has 4 heterocycles. The van der Waals surface area contributed by atoms with E-state index >= 15 is 0 Å². The molecule has 0 aliphatic carbocycles. The first kappa shape index (κ1) is 22.9. The van der Waals surface area contributed by atoms with E-state index in [0.717, 1.165) is 24.4 Å². The predicted octanol–water partition coefficient (Wildman–Crippen LogP) is 6.56. The quantitative estimate of drug-likeness (QED) is 0.243. The lowest BCUT2D eigenvalue weighted by Crippen LogP contribution is -2.12. The molecule has 36 heavy (non-hydrogen) atoms. The van der Waals surface area contributed by atoms with Crippen LogP contribution in [0.1, 0.15) is 5.56 Å². The maximum atomic E-state index is 13.4. The van der Waals surface area contributed by atoms with Gasteiger partial charge in [-0.3, -0.25) is 0 Å².